The Labute approximate surface area is 169 Å². The van der Waals surface area contributed by atoms with E-state index in [-0.39, 0.29) is 12.0 Å². The molecule has 27 heavy (non-hydrogen) atoms. The predicted molar refractivity (Wildman–Crippen MR) is 115 cm³/mol. The number of hydrogen-bond acceptors (Lipinski definition) is 5. The van der Waals surface area contributed by atoms with Crippen molar-refractivity contribution in [2.45, 2.75) is 26.4 Å². The Morgan fingerprint density at radius 3 is 2.56 bits per heavy atom. The van der Waals surface area contributed by atoms with Gasteiger partial charge in [0.15, 0.2) is 4.32 Å². The third-order valence-corrected chi connectivity index (χ3v) is 5.51. The van der Waals surface area contributed by atoms with Crippen LogP contribution in [0.3, 0.4) is 0 Å². The molecule has 1 atom stereocenters. The molecule has 0 aliphatic carbocycles. The van der Waals surface area contributed by atoms with E-state index < -0.39 is 0 Å². The Hall–Kier alpha value is -2.31. The summed E-state index contributed by atoms with van der Waals surface area (Å²) in [6.07, 6.45) is 2.97. The summed E-state index contributed by atoms with van der Waals surface area (Å²) in [6, 6.07) is 15.1. The molecule has 0 spiro atoms. The van der Waals surface area contributed by atoms with Gasteiger partial charge in [-0.1, -0.05) is 55.2 Å². The number of ether oxygens (including phenoxy) is 2. The number of para-hydroxylation sites is 2. The Morgan fingerprint density at radius 2 is 1.89 bits per heavy atom. The van der Waals surface area contributed by atoms with Crippen molar-refractivity contribution in [3.63, 3.8) is 0 Å². The number of carbonyl (C=O) groups is 1. The van der Waals surface area contributed by atoms with Gasteiger partial charge >= 0.3 is 0 Å². The SMILES string of the molecule is CC[C@@H](C)Oc1ccc(/C=C2\SC(=S)N(c3ccccc3OC)C2=O)cc1. The molecular formula is C21H21NO3S2. The van der Waals surface area contributed by atoms with Crippen LogP contribution in [0.4, 0.5) is 5.69 Å². The molecule has 0 unspecified atom stereocenters. The van der Waals surface area contributed by atoms with Gasteiger partial charge in [-0.25, -0.2) is 0 Å². The normalized spacial score (nSPS) is 16.7. The number of rotatable bonds is 6. The summed E-state index contributed by atoms with van der Waals surface area (Å²) in [6.45, 7) is 4.12. The van der Waals surface area contributed by atoms with Crippen LogP contribution in [-0.2, 0) is 4.79 Å². The fourth-order valence-electron chi connectivity index (χ4n) is 2.60. The first-order valence-corrected chi connectivity index (χ1v) is 9.93. The van der Waals surface area contributed by atoms with Gasteiger partial charge in [-0.15, -0.1) is 0 Å². The fraction of sp³-hybridized carbons (Fsp3) is 0.238. The smallest absolute Gasteiger partial charge is 0.270 e. The molecule has 0 radical (unpaired) electrons. The van der Waals surface area contributed by atoms with Crippen molar-refractivity contribution in [1.82, 2.24) is 0 Å². The molecule has 140 valence electrons. The minimum absolute atomic E-state index is 0.144. The van der Waals surface area contributed by atoms with Crippen molar-refractivity contribution in [3.05, 3.63) is 59.0 Å². The van der Waals surface area contributed by atoms with Crippen molar-refractivity contribution < 1.29 is 14.3 Å². The molecule has 0 aromatic heterocycles. The zero-order valence-electron chi connectivity index (χ0n) is 15.5. The topological polar surface area (TPSA) is 38.8 Å². The number of amides is 1. The first-order valence-electron chi connectivity index (χ1n) is 8.71. The summed E-state index contributed by atoms with van der Waals surface area (Å²) >= 11 is 6.72. The molecule has 3 rings (SSSR count). The van der Waals surface area contributed by atoms with Gasteiger partial charge < -0.3 is 9.47 Å². The van der Waals surface area contributed by atoms with Crippen LogP contribution in [0.1, 0.15) is 25.8 Å². The van der Waals surface area contributed by atoms with E-state index in [1.165, 1.54) is 16.7 Å². The molecule has 0 saturated carbocycles. The highest BCUT2D eigenvalue weighted by molar-refractivity contribution is 8.27. The van der Waals surface area contributed by atoms with Gasteiger partial charge in [0, 0.05) is 0 Å². The molecule has 1 aliphatic heterocycles. The minimum Gasteiger partial charge on any atom is -0.495 e. The van der Waals surface area contributed by atoms with Crippen molar-refractivity contribution >= 4 is 46.0 Å². The fourth-order valence-corrected chi connectivity index (χ4v) is 3.88. The van der Waals surface area contributed by atoms with Crippen LogP contribution in [0.15, 0.2) is 53.4 Å². The summed E-state index contributed by atoms with van der Waals surface area (Å²) in [7, 11) is 1.58. The summed E-state index contributed by atoms with van der Waals surface area (Å²) in [5.74, 6) is 1.29. The lowest BCUT2D eigenvalue weighted by Gasteiger charge is -2.17. The first-order chi connectivity index (χ1) is 13.0. The Kier molecular flexibility index (Phi) is 6.19. The van der Waals surface area contributed by atoms with E-state index in [1.54, 1.807) is 7.11 Å². The molecule has 1 fully saturated rings. The third kappa shape index (κ3) is 4.34. The molecular weight excluding hydrogens is 378 g/mol. The molecule has 1 amide bonds. The highest BCUT2D eigenvalue weighted by Crippen LogP contribution is 2.39. The number of benzene rings is 2. The highest BCUT2D eigenvalue weighted by Gasteiger charge is 2.34. The number of anilines is 1. The molecule has 1 heterocycles. The Bertz CT molecular complexity index is 877. The number of carbonyl (C=O) groups excluding carboxylic acids is 1. The maximum absolute atomic E-state index is 12.9. The van der Waals surface area contributed by atoms with E-state index in [4.69, 9.17) is 21.7 Å². The van der Waals surface area contributed by atoms with Crippen molar-refractivity contribution in [1.29, 1.82) is 0 Å². The Balaban J connectivity index is 1.82. The molecule has 1 saturated heterocycles. The average Bonchev–Trinajstić information content (AvgIpc) is 2.96. The van der Waals surface area contributed by atoms with E-state index >= 15 is 0 Å². The Morgan fingerprint density at radius 1 is 1.19 bits per heavy atom. The van der Waals surface area contributed by atoms with E-state index in [0.29, 0.717) is 20.7 Å². The van der Waals surface area contributed by atoms with E-state index in [1.807, 2.05) is 61.5 Å². The van der Waals surface area contributed by atoms with Crippen LogP contribution in [0, 0.1) is 0 Å². The summed E-state index contributed by atoms with van der Waals surface area (Å²) in [5.41, 5.74) is 1.58. The maximum atomic E-state index is 12.9. The number of nitrogens with zero attached hydrogens (tertiary/aromatic N) is 1. The van der Waals surface area contributed by atoms with Crippen LogP contribution >= 0.6 is 24.0 Å². The molecule has 1 aliphatic rings. The largest absolute Gasteiger partial charge is 0.495 e. The van der Waals surface area contributed by atoms with E-state index in [2.05, 4.69) is 6.92 Å². The number of thioether (sulfide) groups is 1. The lowest BCUT2D eigenvalue weighted by molar-refractivity contribution is -0.113. The van der Waals surface area contributed by atoms with Crippen LogP contribution < -0.4 is 14.4 Å². The predicted octanol–water partition coefficient (Wildman–Crippen LogP) is 5.28. The van der Waals surface area contributed by atoms with E-state index in [0.717, 1.165) is 17.7 Å². The van der Waals surface area contributed by atoms with Crippen LogP contribution in [-0.4, -0.2) is 23.4 Å². The third-order valence-electron chi connectivity index (χ3n) is 4.21. The van der Waals surface area contributed by atoms with Gasteiger partial charge in [0.25, 0.3) is 5.91 Å². The minimum atomic E-state index is -0.144. The zero-order chi connectivity index (χ0) is 19.4. The van der Waals surface area contributed by atoms with Gasteiger partial charge in [0.1, 0.15) is 11.5 Å². The molecule has 2 aromatic carbocycles. The quantitative estimate of drug-likeness (QED) is 0.488. The summed E-state index contributed by atoms with van der Waals surface area (Å²) < 4.78 is 11.7. The molecule has 0 bridgehead atoms. The van der Waals surface area contributed by atoms with Gasteiger partial charge in [-0.05, 0) is 49.2 Å². The average molecular weight is 400 g/mol. The standard InChI is InChI=1S/C21H21NO3S2/c1-4-14(2)25-16-11-9-15(10-12-16)13-19-20(23)22(21(26)27-19)17-7-5-6-8-18(17)24-3/h5-14H,4H2,1-3H3/b19-13-/t14-/m1/s1. The molecule has 6 heteroatoms. The van der Waals surface area contributed by atoms with Gasteiger partial charge in [0.05, 0.1) is 23.8 Å². The monoisotopic (exact) mass is 399 g/mol. The molecule has 4 nitrogen and oxygen atoms in total. The summed E-state index contributed by atoms with van der Waals surface area (Å²) in [4.78, 5) is 15.0. The van der Waals surface area contributed by atoms with Gasteiger partial charge in [-0.3, -0.25) is 9.69 Å². The lowest BCUT2D eigenvalue weighted by Crippen LogP contribution is -2.27. The van der Waals surface area contributed by atoms with Gasteiger partial charge in [0.2, 0.25) is 0 Å². The van der Waals surface area contributed by atoms with E-state index in [9.17, 15) is 4.79 Å². The number of thiocarbonyl (C=S) groups is 1. The second-order valence-electron chi connectivity index (χ2n) is 6.09. The zero-order valence-corrected chi connectivity index (χ0v) is 17.1. The number of methoxy groups -OCH3 is 1. The maximum Gasteiger partial charge on any atom is 0.270 e. The van der Waals surface area contributed by atoms with Crippen molar-refractivity contribution in [3.8, 4) is 11.5 Å². The van der Waals surface area contributed by atoms with Crippen LogP contribution in [0.2, 0.25) is 0 Å². The summed E-state index contributed by atoms with van der Waals surface area (Å²) in [5, 5.41) is 0. The van der Waals surface area contributed by atoms with Crippen LogP contribution in [0.25, 0.3) is 6.08 Å². The van der Waals surface area contributed by atoms with Gasteiger partial charge in [-0.2, -0.15) is 0 Å². The number of hydrogen-bond donors (Lipinski definition) is 0. The molecule has 2 aromatic rings. The second kappa shape index (κ2) is 8.59. The highest BCUT2D eigenvalue weighted by atomic mass is 32.2. The first kappa shape index (κ1) is 19.5. The van der Waals surface area contributed by atoms with Crippen LogP contribution in [0.5, 0.6) is 11.5 Å². The van der Waals surface area contributed by atoms with Crippen molar-refractivity contribution in [2.24, 2.45) is 0 Å². The molecule has 0 N–H and O–H groups in total. The van der Waals surface area contributed by atoms with Crippen molar-refractivity contribution in [2.75, 3.05) is 12.0 Å². The lowest BCUT2D eigenvalue weighted by atomic mass is 10.2. The second-order valence-corrected chi connectivity index (χ2v) is 7.77.